The molecule has 0 saturated heterocycles. The molecule has 0 fully saturated rings. The molecule has 0 bridgehead atoms. The van der Waals surface area contributed by atoms with E-state index in [1.165, 1.54) is 52.7 Å². The summed E-state index contributed by atoms with van der Waals surface area (Å²) in [5, 5.41) is 22.3. The first-order chi connectivity index (χ1) is 39.4. The number of aliphatic carboxylic acids is 2. The van der Waals surface area contributed by atoms with E-state index < -0.39 is 17.8 Å². The van der Waals surface area contributed by atoms with Crippen LogP contribution in [-0.4, -0.2) is 114 Å². The number of carboxylic acid groups (broad SMARTS) is 2. The van der Waals surface area contributed by atoms with Crippen molar-refractivity contribution < 1.29 is 42.6 Å². The molecule has 2 atom stereocenters. The van der Waals surface area contributed by atoms with E-state index in [0.717, 1.165) is 71.8 Å². The van der Waals surface area contributed by atoms with E-state index >= 15 is 0 Å². The number of ether oxygens (including phenoxy) is 2. The molecule has 0 saturated carbocycles. The molecule has 0 aliphatic heterocycles. The van der Waals surface area contributed by atoms with Crippen LogP contribution >= 0.6 is 11.6 Å². The van der Waals surface area contributed by atoms with Crippen LogP contribution in [0, 0.1) is 53.2 Å². The molecular weight excluding hydrogens is 1330 g/mol. The fourth-order valence-electron chi connectivity index (χ4n) is 8.68. The van der Waals surface area contributed by atoms with Gasteiger partial charge in [0.1, 0.15) is 0 Å². The van der Waals surface area contributed by atoms with Gasteiger partial charge in [0.15, 0.2) is 0 Å². The third kappa shape index (κ3) is 15.9. The molecule has 2 N–H and O–H groups in total. The van der Waals surface area contributed by atoms with Gasteiger partial charge in [-0.15, -0.1) is 0 Å². The molecule has 4 heterocycles. The number of aryl methyl sites for hydroxylation is 6. The van der Waals surface area contributed by atoms with Crippen LogP contribution in [0.5, 0.6) is 11.5 Å². The van der Waals surface area contributed by atoms with Crippen LogP contribution in [0.3, 0.4) is 0 Å². The molecule has 18 heteroatoms. The Bertz CT molecular complexity index is 3850. The number of benzene rings is 6. The van der Waals surface area contributed by atoms with Gasteiger partial charge in [-0.05, 0) is 0 Å². The van der Waals surface area contributed by atoms with Crippen molar-refractivity contribution in [3.8, 4) is 54.3 Å². The normalized spacial score (nSPS) is 11.9. The van der Waals surface area contributed by atoms with E-state index in [4.69, 9.17) is 45.8 Å². The molecule has 10 rings (SSSR count). The monoisotopic (exact) mass is 1380 g/mol. The Morgan fingerprint density at radius 2 is 1.09 bits per heavy atom. The molecule has 0 aliphatic rings. The number of rotatable bonds is 20. The van der Waals surface area contributed by atoms with Crippen LogP contribution in [0.25, 0.3) is 42.8 Å². The van der Waals surface area contributed by atoms with Gasteiger partial charge in [-0.2, -0.15) is 0 Å². The quantitative estimate of drug-likeness (QED) is 0.0700. The number of hydrogen-bond donors (Lipinski definition) is 2. The first kappa shape index (κ1) is 59.9. The predicted octanol–water partition coefficient (Wildman–Crippen LogP) is 11.7. The first-order valence-corrected chi connectivity index (χ1v) is 33.3. The summed E-state index contributed by atoms with van der Waals surface area (Å²) in [5.74, 6) is -0.824. The molecule has 10 aromatic rings. The van der Waals surface area contributed by atoms with Crippen molar-refractivity contribution in [2.75, 3.05) is 13.2 Å². The van der Waals surface area contributed by atoms with Crippen molar-refractivity contribution in [1.29, 1.82) is 0 Å². The maximum absolute atomic E-state index is 13.7. The zero-order chi connectivity index (χ0) is 58.0. The zero-order valence-electron chi connectivity index (χ0n) is 45.4. The van der Waals surface area contributed by atoms with Crippen molar-refractivity contribution in [2.45, 2.75) is 64.0 Å². The second kappa shape index (κ2) is 27.6. The number of halogens is 3. The number of carbonyl (C=O) groups is 2. The third-order valence-corrected chi connectivity index (χ3v) is 25.4. The Morgan fingerprint density at radius 1 is 0.585 bits per heavy atom. The number of aromatic nitrogens is 4. The summed E-state index contributed by atoms with van der Waals surface area (Å²) in [4.78, 5) is 37.0. The van der Waals surface area contributed by atoms with Crippen molar-refractivity contribution >= 4 is 91.4 Å². The maximum atomic E-state index is 13.7. The van der Waals surface area contributed by atoms with Crippen LogP contribution in [0.1, 0.15) is 63.5 Å². The first-order valence-electron chi connectivity index (χ1n) is 25.9. The molecule has 4 aromatic heterocycles. The summed E-state index contributed by atoms with van der Waals surface area (Å²) in [6.45, 7) is 11.5. The van der Waals surface area contributed by atoms with Crippen LogP contribution in [0.4, 0.5) is 8.78 Å². The van der Waals surface area contributed by atoms with Gasteiger partial charge in [-0.3, -0.25) is 0 Å². The molecular formula is C64H55ClF2N4O7Se4. The standard InChI is InChI=1S/C33H28ClFN2O3Se2.C31H27FN2O4Se2/c1-19-4-7-23(8-5-19)33-37-21(3)32(42-33)30(41-25-10-13-29(20(2)14-25)40-18-31(38)39)15-22-6-12-28(36-17-22)24-9-11-27(35)26(34)16-24;1-18-4-6-22(7-5-18)31-33-20(3)30(40-31)28(39-25-12-13-27(19(2)14-25)37-17-29(35)36)16-24-15-26(34-38-24)21-8-10-23(32)11-9-21/h4-14,16-17,30H,15,18H2,1-3H3,(H,38,39);4-15,28H,16-17H2,1-3H3,(H,35,36). The van der Waals surface area contributed by atoms with Crippen molar-refractivity contribution in [1.82, 2.24) is 20.1 Å². The predicted molar refractivity (Wildman–Crippen MR) is 321 cm³/mol. The number of hydrogen-bond acceptors (Lipinski definition) is 9. The van der Waals surface area contributed by atoms with E-state index in [-0.39, 0.29) is 92.6 Å². The second-order valence-electron chi connectivity index (χ2n) is 19.4. The summed E-state index contributed by atoms with van der Waals surface area (Å²) in [5.41, 5.74) is 12.8. The van der Waals surface area contributed by atoms with Gasteiger partial charge in [0.2, 0.25) is 0 Å². The van der Waals surface area contributed by atoms with Gasteiger partial charge in [0.25, 0.3) is 0 Å². The number of nitrogens with zero attached hydrogens (tertiary/aromatic N) is 4. The van der Waals surface area contributed by atoms with E-state index in [9.17, 15) is 18.4 Å². The van der Waals surface area contributed by atoms with Gasteiger partial charge in [0, 0.05) is 0 Å². The summed E-state index contributed by atoms with van der Waals surface area (Å²) in [6, 6.07) is 45.8. The summed E-state index contributed by atoms with van der Waals surface area (Å²) < 4.78 is 51.1. The average Bonchev–Trinajstić information content (AvgIpc) is 4.24. The van der Waals surface area contributed by atoms with Crippen molar-refractivity contribution in [3.63, 3.8) is 0 Å². The topological polar surface area (TPSA) is 158 Å². The Kier molecular flexibility index (Phi) is 20.1. The van der Waals surface area contributed by atoms with Crippen LogP contribution in [0.15, 0.2) is 156 Å². The number of pyridine rings is 1. The SMILES string of the molecule is Cc1ccc(-c2nc(C)c(C(Cc3cc(-c4ccc(F)cc4)no3)[Se]c3ccc(OCC(=O)O)c(C)c3)[se]2)cc1.Cc1ccc(-c2nc(C)c(C(Cc3ccc(-c4ccc(F)c(Cl)c4)nc3)[Se]c3ccc(OCC(=O)O)c(C)c3)[se]2)cc1. The van der Waals surface area contributed by atoms with E-state index in [0.29, 0.717) is 23.6 Å². The van der Waals surface area contributed by atoms with Gasteiger partial charge in [-0.1, -0.05) is 0 Å². The molecule has 0 amide bonds. The van der Waals surface area contributed by atoms with Crippen LogP contribution < -0.4 is 18.4 Å². The minimum atomic E-state index is -1.00. The average molecular weight is 1380 g/mol. The molecule has 0 radical (unpaired) electrons. The molecule has 11 nitrogen and oxygen atoms in total. The summed E-state index contributed by atoms with van der Waals surface area (Å²) >= 11 is 6.23. The fourth-order valence-corrected chi connectivity index (χ4v) is 20.7. The van der Waals surface area contributed by atoms with Crippen molar-refractivity contribution in [3.05, 3.63) is 222 Å². The van der Waals surface area contributed by atoms with Crippen molar-refractivity contribution in [2.24, 2.45) is 0 Å². The van der Waals surface area contributed by atoms with Gasteiger partial charge in [0.05, 0.1) is 0 Å². The van der Waals surface area contributed by atoms with Gasteiger partial charge in [-0.25, -0.2) is 0 Å². The Balaban J connectivity index is 0.000000198. The molecule has 418 valence electrons. The minimum absolute atomic E-state index is 0.0233. The molecule has 6 aromatic carbocycles. The molecule has 0 aliphatic carbocycles. The number of carboxylic acids is 2. The molecule has 2 unspecified atom stereocenters. The Labute approximate surface area is 504 Å². The third-order valence-electron chi connectivity index (χ3n) is 12.9. The van der Waals surface area contributed by atoms with E-state index in [2.05, 4.69) is 105 Å². The van der Waals surface area contributed by atoms with E-state index in [1.54, 1.807) is 24.3 Å². The molecule has 0 spiro atoms. The summed E-state index contributed by atoms with van der Waals surface area (Å²) in [7, 11) is 0. The van der Waals surface area contributed by atoms with Crippen LogP contribution in [-0.2, 0) is 22.4 Å². The van der Waals surface area contributed by atoms with Gasteiger partial charge < -0.3 is 0 Å². The van der Waals surface area contributed by atoms with Gasteiger partial charge >= 0.3 is 508 Å². The zero-order valence-corrected chi connectivity index (χ0v) is 53.0. The Morgan fingerprint density at radius 3 is 1.56 bits per heavy atom. The molecule has 82 heavy (non-hydrogen) atoms. The van der Waals surface area contributed by atoms with Crippen LogP contribution in [0.2, 0.25) is 5.02 Å². The van der Waals surface area contributed by atoms with E-state index in [1.807, 2.05) is 56.4 Å². The summed E-state index contributed by atoms with van der Waals surface area (Å²) in [6.07, 6.45) is 3.36. The second-order valence-corrected chi connectivity index (χ2v) is 29.5. The fraction of sp³-hybridized carbons (Fsp3) is 0.188. The Hall–Kier alpha value is -6.73.